The van der Waals surface area contributed by atoms with E-state index in [0.29, 0.717) is 12.1 Å². The highest BCUT2D eigenvalue weighted by atomic mass is 16.3. The number of rotatable bonds is 4. The topological polar surface area (TPSA) is 40.5 Å². The summed E-state index contributed by atoms with van der Waals surface area (Å²) < 4.78 is 0. The van der Waals surface area contributed by atoms with Crippen LogP contribution in [-0.2, 0) is 0 Å². The van der Waals surface area contributed by atoms with Gasteiger partial charge in [-0.1, -0.05) is 13.0 Å². The maximum absolute atomic E-state index is 12.1. The van der Waals surface area contributed by atoms with Crippen molar-refractivity contribution in [2.45, 2.75) is 33.2 Å². The van der Waals surface area contributed by atoms with E-state index < -0.39 is 0 Å². The molecule has 1 unspecified atom stereocenters. The van der Waals surface area contributed by atoms with Gasteiger partial charge in [0.15, 0.2) is 0 Å². The zero-order valence-electron chi connectivity index (χ0n) is 10.1. The molecule has 3 heteroatoms. The number of hydrogen-bond donors (Lipinski definition) is 1. The van der Waals surface area contributed by atoms with E-state index in [-0.39, 0.29) is 17.7 Å². The van der Waals surface area contributed by atoms with E-state index in [9.17, 15) is 9.90 Å². The van der Waals surface area contributed by atoms with Crippen LogP contribution in [0.25, 0.3) is 0 Å². The van der Waals surface area contributed by atoms with Gasteiger partial charge in [0.05, 0.1) is 0 Å². The lowest BCUT2D eigenvalue weighted by atomic mass is 10.1. The molecule has 0 radical (unpaired) electrons. The van der Waals surface area contributed by atoms with Crippen LogP contribution in [0, 0.1) is 0 Å². The van der Waals surface area contributed by atoms with Crippen molar-refractivity contribution < 1.29 is 9.90 Å². The van der Waals surface area contributed by atoms with Crippen molar-refractivity contribution in [1.29, 1.82) is 0 Å². The molecule has 0 aromatic heterocycles. The van der Waals surface area contributed by atoms with Crippen LogP contribution in [0.5, 0.6) is 5.75 Å². The van der Waals surface area contributed by atoms with Gasteiger partial charge in [-0.2, -0.15) is 0 Å². The van der Waals surface area contributed by atoms with Gasteiger partial charge in [0.25, 0.3) is 5.91 Å². The summed E-state index contributed by atoms with van der Waals surface area (Å²) in [5, 5.41) is 9.34. The third-order valence-corrected chi connectivity index (χ3v) is 2.82. The summed E-state index contributed by atoms with van der Waals surface area (Å²) >= 11 is 0. The lowest BCUT2D eigenvalue weighted by Crippen LogP contribution is -2.38. The Kier molecular flexibility index (Phi) is 4.35. The molecule has 1 aromatic carbocycles. The summed E-state index contributed by atoms with van der Waals surface area (Å²) in [4.78, 5) is 14.0. The molecule has 1 atom stereocenters. The third kappa shape index (κ3) is 2.75. The Balaban J connectivity index is 2.91. The van der Waals surface area contributed by atoms with Gasteiger partial charge in [-0.15, -0.1) is 0 Å². The second-order valence-electron chi connectivity index (χ2n) is 3.90. The Morgan fingerprint density at radius 1 is 1.44 bits per heavy atom. The van der Waals surface area contributed by atoms with Gasteiger partial charge in [-0.25, -0.2) is 0 Å². The molecule has 0 aliphatic carbocycles. The van der Waals surface area contributed by atoms with Crippen LogP contribution in [0.1, 0.15) is 37.6 Å². The van der Waals surface area contributed by atoms with E-state index in [4.69, 9.17) is 0 Å². The third-order valence-electron chi connectivity index (χ3n) is 2.82. The quantitative estimate of drug-likeness (QED) is 0.849. The SMILES string of the molecule is CCC(C)N(CC)C(=O)c1cccc(O)c1. The minimum Gasteiger partial charge on any atom is -0.508 e. The maximum atomic E-state index is 12.1. The van der Waals surface area contributed by atoms with Crippen LogP contribution < -0.4 is 0 Å². The van der Waals surface area contributed by atoms with E-state index in [2.05, 4.69) is 6.92 Å². The fraction of sp³-hybridized carbons (Fsp3) is 0.462. The molecule has 3 nitrogen and oxygen atoms in total. The number of aromatic hydroxyl groups is 1. The number of phenolic OH excluding ortho intramolecular Hbond substituents is 1. The van der Waals surface area contributed by atoms with Crippen molar-refractivity contribution in [1.82, 2.24) is 4.90 Å². The fourth-order valence-corrected chi connectivity index (χ4v) is 1.68. The van der Waals surface area contributed by atoms with Gasteiger partial charge in [0, 0.05) is 18.2 Å². The Hall–Kier alpha value is -1.51. The minimum absolute atomic E-state index is 0.0206. The van der Waals surface area contributed by atoms with E-state index in [1.807, 2.05) is 18.7 Å². The first kappa shape index (κ1) is 12.6. The molecule has 88 valence electrons. The van der Waals surface area contributed by atoms with Crippen molar-refractivity contribution >= 4 is 5.91 Å². The summed E-state index contributed by atoms with van der Waals surface area (Å²) in [5.41, 5.74) is 0.544. The Labute approximate surface area is 96.7 Å². The van der Waals surface area contributed by atoms with Gasteiger partial charge >= 0.3 is 0 Å². The number of hydrogen-bond acceptors (Lipinski definition) is 2. The van der Waals surface area contributed by atoms with Crippen molar-refractivity contribution in [3.05, 3.63) is 29.8 Å². The zero-order chi connectivity index (χ0) is 12.1. The van der Waals surface area contributed by atoms with Crippen LogP contribution in [0.3, 0.4) is 0 Å². The average molecular weight is 221 g/mol. The molecule has 0 aliphatic rings. The second-order valence-corrected chi connectivity index (χ2v) is 3.90. The van der Waals surface area contributed by atoms with Gasteiger partial charge < -0.3 is 10.0 Å². The number of benzene rings is 1. The van der Waals surface area contributed by atoms with Crippen molar-refractivity contribution in [2.24, 2.45) is 0 Å². The lowest BCUT2D eigenvalue weighted by Gasteiger charge is -2.27. The fourth-order valence-electron chi connectivity index (χ4n) is 1.68. The van der Waals surface area contributed by atoms with E-state index in [1.54, 1.807) is 18.2 Å². The zero-order valence-corrected chi connectivity index (χ0v) is 10.1. The molecule has 16 heavy (non-hydrogen) atoms. The molecule has 0 aliphatic heterocycles. The van der Waals surface area contributed by atoms with Crippen molar-refractivity contribution in [2.75, 3.05) is 6.54 Å². The lowest BCUT2D eigenvalue weighted by molar-refractivity contribution is 0.0699. The van der Waals surface area contributed by atoms with Crippen molar-refractivity contribution in [3.63, 3.8) is 0 Å². The molecule has 0 heterocycles. The summed E-state index contributed by atoms with van der Waals surface area (Å²) in [6.07, 6.45) is 0.929. The second kappa shape index (κ2) is 5.54. The Morgan fingerprint density at radius 3 is 2.62 bits per heavy atom. The summed E-state index contributed by atoms with van der Waals surface area (Å²) in [6, 6.07) is 6.71. The van der Waals surface area contributed by atoms with Crippen LogP contribution >= 0.6 is 0 Å². The van der Waals surface area contributed by atoms with Crippen molar-refractivity contribution in [3.8, 4) is 5.75 Å². The number of carbonyl (C=O) groups excluding carboxylic acids is 1. The van der Waals surface area contributed by atoms with E-state index in [0.717, 1.165) is 6.42 Å². The van der Waals surface area contributed by atoms with Gasteiger partial charge in [-0.05, 0) is 38.5 Å². The molecular formula is C13H19NO2. The number of nitrogens with zero attached hydrogens (tertiary/aromatic N) is 1. The predicted molar refractivity (Wildman–Crippen MR) is 64.6 cm³/mol. The first-order chi connectivity index (χ1) is 7.60. The highest BCUT2D eigenvalue weighted by Crippen LogP contribution is 2.15. The van der Waals surface area contributed by atoms with Crippen LogP contribution in [0.15, 0.2) is 24.3 Å². The molecule has 1 N–H and O–H groups in total. The monoisotopic (exact) mass is 221 g/mol. The van der Waals surface area contributed by atoms with Crippen LogP contribution in [0.4, 0.5) is 0 Å². The minimum atomic E-state index is -0.0206. The Morgan fingerprint density at radius 2 is 2.12 bits per heavy atom. The normalized spacial score (nSPS) is 12.2. The highest BCUT2D eigenvalue weighted by molar-refractivity contribution is 5.94. The van der Waals surface area contributed by atoms with Crippen LogP contribution in [-0.4, -0.2) is 28.5 Å². The highest BCUT2D eigenvalue weighted by Gasteiger charge is 2.18. The van der Waals surface area contributed by atoms with E-state index >= 15 is 0 Å². The first-order valence-electron chi connectivity index (χ1n) is 5.70. The van der Waals surface area contributed by atoms with Gasteiger partial charge in [0.1, 0.15) is 5.75 Å². The first-order valence-corrected chi connectivity index (χ1v) is 5.70. The molecule has 1 amide bonds. The molecule has 0 bridgehead atoms. The average Bonchev–Trinajstić information content (AvgIpc) is 2.29. The molecule has 0 fully saturated rings. The maximum Gasteiger partial charge on any atom is 0.254 e. The number of phenols is 1. The van der Waals surface area contributed by atoms with Gasteiger partial charge in [0.2, 0.25) is 0 Å². The Bertz CT molecular complexity index is 363. The molecule has 0 saturated carbocycles. The molecular weight excluding hydrogens is 202 g/mol. The standard InChI is InChI=1S/C13H19NO2/c1-4-10(3)14(5-2)13(16)11-7-6-8-12(15)9-11/h6-10,15H,4-5H2,1-3H3. The number of amides is 1. The molecule has 1 aromatic rings. The largest absolute Gasteiger partial charge is 0.508 e. The summed E-state index contributed by atoms with van der Waals surface area (Å²) in [7, 11) is 0. The summed E-state index contributed by atoms with van der Waals surface area (Å²) in [5.74, 6) is 0.110. The van der Waals surface area contributed by atoms with E-state index in [1.165, 1.54) is 6.07 Å². The molecule has 1 rings (SSSR count). The smallest absolute Gasteiger partial charge is 0.254 e. The predicted octanol–water partition coefficient (Wildman–Crippen LogP) is 2.65. The molecule has 0 spiro atoms. The molecule has 0 saturated heterocycles. The van der Waals surface area contributed by atoms with Gasteiger partial charge in [-0.3, -0.25) is 4.79 Å². The summed E-state index contributed by atoms with van der Waals surface area (Å²) in [6.45, 7) is 6.74. The van der Waals surface area contributed by atoms with Crippen LogP contribution in [0.2, 0.25) is 0 Å². The number of carbonyl (C=O) groups is 1.